The fraction of sp³-hybridized carbons (Fsp3) is 0.448. The van der Waals surface area contributed by atoms with Gasteiger partial charge in [0.05, 0.1) is 19.3 Å². The summed E-state index contributed by atoms with van der Waals surface area (Å²) in [6.07, 6.45) is 4.43. The highest BCUT2D eigenvalue weighted by Gasteiger charge is 2.26. The summed E-state index contributed by atoms with van der Waals surface area (Å²) in [7, 11) is 0. The van der Waals surface area contributed by atoms with Crippen LogP contribution in [0.1, 0.15) is 37.8 Å². The molecule has 36 heavy (non-hydrogen) atoms. The molecule has 1 atom stereocenters. The van der Waals surface area contributed by atoms with Gasteiger partial charge in [0.2, 0.25) is 0 Å². The van der Waals surface area contributed by atoms with Gasteiger partial charge >= 0.3 is 5.97 Å². The zero-order valence-corrected chi connectivity index (χ0v) is 20.6. The molecule has 1 aliphatic rings. The lowest BCUT2D eigenvalue weighted by Gasteiger charge is -2.28. The molecule has 1 aliphatic carbocycles. The van der Waals surface area contributed by atoms with Gasteiger partial charge in [0.25, 0.3) is 0 Å². The number of carboxylic acids is 1. The van der Waals surface area contributed by atoms with Crippen molar-refractivity contribution in [1.29, 1.82) is 0 Å². The highest BCUT2D eigenvalue weighted by atomic mass is 16.5. The minimum atomic E-state index is -0.926. The second kappa shape index (κ2) is 12.8. The third-order valence-corrected chi connectivity index (χ3v) is 7.07. The molecule has 1 heterocycles. The average molecular weight is 493 g/mol. The molecule has 0 saturated heterocycles. The van der Waals surface area contributed by atoms with Gasteiger partial charge in [0.1, 0.15) is 12.3 Å². The Labute approximate surface area is 212 Å². The molecule has 4 rings (SSSR count). The molecule has 0 aliphatic heterocycles. The number of aliphatic hydroxyl groups excluding tert-OH is 2. The number of carbonyl (C=O) groups is 1. The Kier molecular flexibility index (Phi) is 9.28. The lowest BCUT2D eigenvalue weighted by molar-refractivity contribution is -0.142. The van der Waals surface area contributed by atoms with E-state index < -0.39 is 12.1 Å². The molecule has 7 heteroatoms. The van der Waals surface area contributed by atoms with Gasteiger partial charge in [0.15, 0.2) is 0 Å². The number of carboxylic acid groups (broad SMARTS) is 1. The molecule has 1 aromatic heterocycles. The van der Waals surface area contributed by atoms with E-state index in [0.717, 1.165) is 60.3 Å². The topological polar surface area (TPSA) is 105 Å². The normalized spacial score (nSPS) is 18.7. The number of hydrogen-bond acceptors (Lipinski definition) is 5. The number of nitrogens with zero attached hydrogens (tertiary/aromatic N) is 2. The summed E-state index contributed by atoms with van der Waals surface area (Å²) >= 11 is 0. The van der Waals surface area contributed by atoms with Crippen LogP contribution < -0.4 is 0 Å². The van der Waals surface area contributed by atoms with E-state index in [1.54, 1.807) is 0 Å². The summed E-state index contributed by atoms with van der Waals surface area (Å²) in [6.45, 7) is 0.802. The Balaban J connectivity index is 1.60. The van der Waals surface area contributed by atoms with Gasteiger partial charge in [-0.25, -0.2) is 4.79 Å². The van der Waals surface area contributed by atoms with Crippen molar-refractivity contribution in [1.82, 2.24) is 9.78 Å². The van der Waals surface area contributed by atoms with Gasteiger partial charge in [-0.1, -0.05) is 60.7 Å². The largest absolute Gasteiger partial charge is 0.480 e. The summed E-state index contributed by atoms with van der Waals surface area (Å²) in [5, 5.41) is 33.5. The van der Waals surface area contributed by atoms with Crippen molar-refractivity contribution in [2.75, 3.05) is 19.8 Å². The van der Waals surface area contributed by atoms with Crippen molar-refractivity contribution >= 4 is 5.97 Å². The zero-order chi connectivity index (χ0) is 25.3. The molecule has 192 valence electrons. The smallest absolute Gasteiger partial charge is 0.329 e. The van der Waals surface area contributed by atoms with Crippen LogP contribution in [0.2, 0.25) is 0 Å². The van der Waals surface area contributed by atoms with Crippen LogP contribution in [0.5, 0.6) is 0 Å². The first kappa shape index (κ1) is 26.1. The molecule has 1 saturated carbocycles. The maximum Gasteiger partial charge on any atom is 0.329 e. The monoisotopic (exact) mass is 492 g/mol. The first-order chi connectivity index (χ1) is 17.5. The first-order valence-corrected chi connectivity index (χ1v) is 12.8. The summed E-state index contributed by atoms with van der Waals surface area (Å²) in [6, 6.07) is 20.5. The molecular weight excluding hydrogens is 456 g/mol. The number of aromatic nitrogens is 2. The Morgan fingerprint density at radius 3 is 2.19 bits per heavy atom. The Hall–Kier alpha value is -3.00. The van der Waals surface area contributed by atoms with Gasteiger partial charge in [-0.05, 0) is 55.9 Å². The van der Waals surface area contributed by atoms with E-state index in [4.69, 9.17) is 14.9 Å². The van der Waals surface area contributed by atoms with E-state index in [9.17, 15) is 15.0 Å². The fourth-order valence-corrected chi connectivity index (χ4v) is 5.14. The SMILES string of the molecule is O=C(O)COC[C@H]1CC[C@H](Cn2nc(-c3ccccc3)c(-c3ccccc3)c2CC[C@H](O)CO)CC1. The minimum absolute atomic E-state index is 0.235. The molecule has 0 amide bonds. The zero-order valence-electron chi connectivity index (χ0n) is 20.6. The van der Waals surface area contributed by atoms with Crippen molar-refractivity contribution in [3.63, 3.8) is 0 Å². The van der Waals surface area contributed by atoms with Crippen molar-refractivity contribution < 1.29 is 24.9 Å². The Morgan fingerprint density at radius 2 is 1.58 bits per heavy atom. The Bertz CT molecular complexity index is 1090. The second-order valence-electron chi connectivity index (χ2n) is 9.76. The summed E-state index contributed by atoms with van der Waals surface area (Å²) in [5.41, 5.74) is 5.25. The van der Waals surface area contributed by atoms with Crippen LogP contribution in [0.4, 0.5) is 0 Å². The molecule has 0 bridgehead atoms. The van der Waals surface area contributed by atoms with Crippen molar-refractivity contribution in [2.45, 2.75) is 51.2 Å². The second-order valence-corrected chi connectivity index (χ2v) is 9.76. The predicted molar refractivity (Wildman–Crippen MR) is 138 cm³/mol. The summed E-state index contributed by atoms with van der Waals surface area (Å²) < 4.78 is 7.45. The molecule has 2 aromatic carbocycles. The average Bonchev–Trinajstić information content (AvgIpc) is 3.27. The standard InChI is InChI=1S/C29H36N2O5/c32-18-25(33)15-16-26-28(23-7-3-1-4-8-23)29(24-9-5-2-6-10-24)30-31(26)17-21-11-13-22(14-12-21)19-36-20-27(34)35/h1-10,21-22,25,32-33H,11-20H2,(H,34,35)/t21-,22-,25-/m0/s1. The molecule has 1 fully saturated rings. The van der Waals surface area contributed by atoms with E-state index in [0.29, 0.717) is 31.3 Å². The van der Waals surface area contributed by atoms with Crippen molar-refractivity contribution in [2.24, 2.45) is 11.8 Å². The van der Waals surface area contributed by atoms with Crippen LogP contribution in [0.15, 0.2) is 60.7 Å². The number of hydrogen-bond donors (Lipinski definition) is 3. The maximum absolute atomic E-state index is 10.7. The van der Waals surface area contributed by atoms with Crippen LogP contribution in [0.3, 0.4) is 0 Å². The van der Waals surface area contributed by atoms with Crippen LogP contribution >= 0.6 is 0 Å². The van der Waals surface area contributed by atoms with Crippen LogP contribution in [-0.4, -0.2) is 57.0 Å². The van der Waals surface area contributed by atoms with E-state index in [2.05, 4.69) is 28.9 Å². The number of ether oxygens (including phenoxy) is 1. The van der Waals surface area contributed by atoms with E-state index in [1.807, 2.05) is 36.4 Å². The number of benzene rings is 2. The lowest BCUT2D eigenvalue weighted by atomic mass is 9.82. The number of rotatable bonds is 12. The van der Waals surface area contributed by atoms with E-state index >= 15 is 0 Å². The van der Waals surface area contributed by atoms with Crippen LogP contribution in [-0.2, 0) is 22.5 Å². The molecule has 0 radical (unpaired) electrons. The minimum Gasteiger partial charge on any atom is -0.480 e. The van der Waals surface area contributed by atoms with Gasteiger partial charge in [-0.2, -0.15) is 5.10 Å². The third-order valence-electron chi connectivity index (χ3n) is 7.07. The van der Waals surface area contributed by atoms with Crippen LogP contribution in [0, 0.1) is 11.8 Å². The molecule has 0 spiro atoms. The first-order valence-electron chi connectivity index (χ1n) is 12.8. The molecule has 0 unspecified atom stereocenters. The van der Waals surface area contributed by atoms with Gasteiger partial charge in [0, 0.05) is 23.4 Å². The number of aliphatic hydroxyl groups is 2. The van der Waals surface area contributed by atoms with Gasteiger partial charge < -0.3 is 20.1 Å². The molecular formula is C29H36N2O5. The fourth-order valence-electron chi connectivity index (χ4n) is 5.14. The summed E-state index contributed by atoms with van der Waals surface area (Å²) in [4.78, 5) is 10.7. The van der Waals surface area contributed by atoms with E-state index in [-0.39, 0.29) is 13.2 Å². The quantitative estimate of drug-likeness (QED) is 0.346. The highest BCUT2D eigenvalue weighted by molar-refractivity contribution is 5.82. The lowest BCUT2D eigenvalue weighted by Crippen LogP contribution is -2.24. The van der Waals surface area contributed by atoms with Crippen LogP contribution in [0.25, 0.3) is 22.4 Å². The number of aliphatic carboxylic acids is 1. The predicted octanol–water partition coefficient (Wildman–Crippen LogP) is 4.41. The van der Waals surface area contributed by atoms with Crippen molar-refractivity contribution in [3.8, 4) is 22.4 Å². The Morgan fingerprint density at radius 1 is 0.972 bits per heavy atom. The molecule has 3 N–H and O–H groups in total. The summed E-state index contributed by atoms with van der Waals surface area (Å²) in [5.74, 6) is -0.0591. The van der Waals surface area contributed by atoms with Crippen molar-refractivity contribution in [3.05, 3.63) is 66.4 Å². The molecule has 7 nitrogen and oxygen atoms in total. The third kappa shape index (κ3) is 6.81. The van der Waals surface area contributed by atoms with Gasteiger partial charge in [-0.3, -0.25) is 4.68 Å². The highest BCUT2D eigenvalue weighted by Crippen LogP contribution is 2.37. The van der Waals surface area contributed by atoms with E-state index in [1.165, 1.54) is 0 Å². The maximum atomic E-state index is 10.7. The van der Waals surface area contributed by atoms with Gasteiger partial charge in [-0.15, -0.1) is 0 Å². The molecule has 3 aromatic rings.